The molecule has 0 N–H and O–H groups in total. The highest BCUT2D eigenvalue weighted by Crippen LogP contribution is 2.21. The lowest BCUT2D eigenvalue weighted by atomic mass is 10.2. The molecule has 0 saturated heterocycles. The van der Waals surface area contributed by atoms with Gasteiger partial charge in [-0.1, -0.05) is 17.7 Å². The van der Waals surface area contributed by atoms with Crippen LogP contribution >= 0.6 is 11.6 Å². The number of benzene rings is 1. The topological polar surface area (TPSA) is 59.9 Å². The third kappa shape index (κ3) is 2.01. The molecule has 2 aromatic rings. The zero-order valence-electron chi connectivity index (χ0n) is 8.73. The number of aromatic nitrogens is 2. The third-order valence-electron chi connectivity index (χ3n) is 2.10. The van der Waals surface area contributed by atoms with E-state index in [9.17, 15) is 8.42 Å². The highest BCUT2D eigenvalue weighted by atomic mass is 35.5. The second-order valence-corrected chi connectivity index (χ2v) is 5.87. The van der Waals surface area contributed by atoms with Crippen LogP contribution in [0.25, 0.3) is 11.0 Å². The van der Waals surface area contributed by atoms with Gasteiger partial charge in [0.25, 0.3) is 0 Å². The van der Waals surface area contributed by atoms with Gasteiger partial charge in [-0.3, -0.25) is 0 Å². The normalized spacial score (nSPS) is 11.9. The minimum absolute atomic E-state index is 0.0828. The Hall–Kier alpha value is -1.20. The maximum absolute atomic E-state index is 11.4. The maximum Gasteiger partial charge on any atom is 0.195 e. The van der Waals surface area contributed by atoms with Gasteiger partial charge in [0.15, 0.2) is 20.0 Å². The van der Waals surface area contributed by atoms with E-state index in [2.05, 4.69) is 9.97 Å². The van der Waals surface area contributed by atoms with Crippen LogP contribution in [0.4, 0.5) is 0 Å². The first-order chi connectivity index (χ1) is 7.38. The lowest BCUT2D eigenvalue weighted by Crippen LogP contribution is -2.03. The highest BCUT2D eigenvalue weighted by molar-refractivity contribution is 7.90. The van der Waals surface area contributed by atoms with Crippen LogP contribution in [0.1, 0.15) is 5.56 Å². The van der Waals surface area contributed by atoms with Gasteiger partial charge in [-0.05, 0) is 24.6 Å². The number of rotatable bonds is 1. The van der Waals surface area contributed by atoms with Crippen molar-refractivity contribution in [2.75, 3.05) is 6.26 Å². The van der Waals surface area contributed by atoms with E-state index in [4.69, 9.17) is 11.6 Å². The molecule has 84 valence electrons. The molecule has 0 aliphatic heterocycles. The molecule has 0 atom stereocenters. The van der Waals surface area contributed by atoms with Crippen LogP contribution in [-0.4, -0.2) is 24.6 Å². The van der Waals surface area contributed by atoms with E-state index >= 15 is 0 Å². The molecule has 6 heteroatoms. The molecular formula is C10H9ClN2O2S. The Balaban J connectivity index is 2.83. The number of sulfone groups is 1. The monoisotopic (exact) mass is 256 g/mol. The van der Waals surface area contributed by atoms with Crippen LogP contribution in [0.15, 0.2) is 23.2 Å². The molecule has 4 nitrogen and oxygen atoms in total. The van der Waals surface area contributed by atoms with Gasteiger partial charge >= 0.3 is 0 Å². The van der Waals surface area contributed by atoms with Gasteiger partial charge in [-0.15, -0.1) is 0 Å². The summed E-state index contributed by atoms with van der Waals surface area (Å²) in [5.74, 6) is 0. The summed E-state index contributed by atoms with van der Waals surface area (Å²) in [5.41, 5.74) is 2.14. The predicted molar refractivity (Wildman–Crippen MR) is 62.4 cm³/mol. The Kier molecular flexibility index (Phi) is 2.59. The van der Waals surface area contributed by atoms with Crippen molar-refractivity contribution in [3.8, 4) is 0 Å². The molecule has 16 heavy (non-hydrogen) atoms. The van der Waals surface area contributed by atoms with E-state index < -0.39 is 9.84 Å². The molecule has 0 bridgehead atoms. The van der Waals surface area contributed by atoms with Crippen LogP contribution in [0, 0.1) is 6.92 Å². The Bertz CT molecular complexity index is 668. The van der Waals surface area contributed by atoms with Crippen molar-refractivity contribution in [1.29, 1.82) is 0 Å². The zero-order chi connectivity index (χ0) is 11.9. The standard InChI is InChI=1S/C10H9ClN2O2S/c1-6-3-4-7-8(5-6)12-9(11)10(13-7)16(2,14)15/h3-5H,1-2H3. The number of nitrogens with zero attached hydrogens (tertiary/aromatic N) is 2. The molecule has 0 aliphatic carbocycles. The van der Waals surface area contributed by atoms with Crippen molar-refractivity contribution in [2.45, 2.75) is 11.9 Å². The molecule has 0 saturated carbocycles. The second kappa shape index (κ2) is 3.68. The molecule has 1 aromatic heterocycles. The predicted octanol–water partition coefficient (Wildman–Crippen LogP) is 2.00. The zero-order valence-corrected chi connectivity index (χ0v) is 10.3. The largest absolute Gasteiger partial charge is 0.232 e. The summed E-state index contributed by atoms with van der Waals surface area (Å²) in [6.45, 7) is 1.92. The van der Waals surface area contributed by atoms with Gasteiger partial charge in [0.2, 0.25) is 0 Å². The lowest BCUT2D eigenvalue weighted by Gasteiger charge is -2.03. The van der Waals surface area contributed by atoms with E-state index in [0.29, 0.717) is 11.0 Å². The molecular weight excluding hydrogens is 248 g/mol. The lowest BCUT2D eigenvalue weighted by molar-refractivity contribution is 0.598. The van der Waals surface area contributed by atoms with Crippen LogP contribution in [0.2, 0.25) is 5.15 Å². The maximum atomic E-state index is 11.4. The van der Waals surface area contributed by atoms with Crippen LogP contribution in [0.3, 0.4) is 0 Å². The number of aryl methyl sites for hydroxylation is 1. The van der Waals surface area contributed by atoms with Crippen LogP contribution < -0.4 is 0 Å². The van der Waals surface area contributed by atoms with Crippen molar-refractivity contribution in [2.24, 2.45) is 0 Å². The summed E-state index contributed by atoms with van der Waals surface area (Å²) in [6, 6.07) is 5.37. The SMILES string of the molecule is Cc1ccc2nc(S(C)(=O)=O)c(Cl)nc2c1. The van der Waals surface area contributed by atoms with Gasteiger partial charge < -0.3 is 0 Å². The third-order valence-corrected chi connectivity index (χ3v) is 3.46. The van der Waals surface area contributed by atoms with Crippen LogP contribution in [0.5, 0.6) is 0 Å². The average Bonchev–Trinajstić information content (AvgIpc) is 2.14. The molecule has 2 rings (SSSR count). The Labute approximate surface area is 98.2 Å². The first kappa shape index (κ1) is 11.3. The van der Waals surface area contributed by atoms with E-state index in [1.165, 1.54) is 0 Å². The van der Waals surface area contributed by atoms with Crippen LogP contribution in [-0.2, 0) is 9.84 Å². The first-order valence-corrected chi connectivity index (χ1v) is 6.79. The summed E-state index contributed by atoms with van der Waals surface area (Å²) < 4.78 is 22.8. The molecule has 0 unspecified atom stereocenters. The van der Waals surface area contributed by atoms with Crippen molar-refractivity contribution in [3.63, 3.8) is 0 Å². The molecule has 0 fully saturated rings. The smallest absolute Gasteiger partial charge is 0.195 e. The average molecular weight is 257 g/mol. The minimum Gasteiger partial charge on any atom is -0.232 e. The minimum atomic E-state index is -3.44. The first-order valence-electron chi connectivity index (χ1n) is 4.52. The quantitative estimate of drug-likeness (QED) is 0.783. The molecule has 1 aromatic carbocycles. The van der Waals surface area contributed by atoms with E-state index in [-0.39, 0.29) is 10.2 Å². The number of hydrogen-bond donors (Lipinski definition) is 0. The van der Waals surface area contributed by atoms with Gasteiger partial charge in [0.1, 0.15) is 0 Å². The summed E-state index contributed by atoms with van der Waals surface area (Å²) in [7, 11) is -3.44. The van der Waals surface area contributed by atoms with Gasteiger partial charge in [-0.2, -0.15) is 0 Å². The fourth-order valence-corrected chi connectivity index (χ4v) is 2.53. The summed E-state index contributed by atoms with van der Waals surface area (Å²) in [5, 5.41) is -0.258. The summed E-state index contributed by atoms with van der Waals surface area (Å²) >= 11 is 5.79. The Morgan fingerprint density at radius 1 is 1.19 bits per heavy atom. The van der Waals surface area contributed by atoms with Gasteiger partial charge in [-0.25, -0.2) is 18.4 Å². The molecule has 0 spiro atoms. The van der Waals surface area contributed by atoms with E-state index in [0.717, 1.165) is 11.8 Å². The number of halogens is 1. The molecule has 0 amide bonds. The van der Waals surface area contributed by atoms with E-state index in [1.807, 2.05) is 13.0 Å². The van der Waals surface area contributed by atoms with Crippen molar-refractivity contribution >= 4 is 32.5 Å². The Morgan fingerprint density at radius 3 is 2.50 bits per heavy atom. The number of hydrogen-bond acceptors (Lipinski definition) is 4. The fraction of sp³-hybridized carbons (Fsp3) is 0.200. The summed E-state index contributed by atoms with van der Waals surface area (Å²) in [4.78, 5) is 8.03. The van der Waals surface area contributed by atoms with Crippen molar-refractivity contribution in [1.82, 2.24) is 9.97 Å². The second-order valence-electron chi connectivity index (χ2n) is 3.58. The molecule has 0 radical (unpaired) electrons. The highest BCUT2D eigenvalue weighted by Gasteiger charge is 2.16. The summed E-state index contributed by atoms with van der Waals surface area (Å²) in [6.07, 6.45) is 1.06. The van der Waals surface area contributed by atoms with Crippen molar-refractivity contribution < 1.29 is 8.42 Å². The number of fused-ring (bicyclic) bond motifs is 1. The fourth-order valence-electron chi connectivity index (χ4n) is 1.36. The molecule has 0 aliphatic rings. The van der Waals surface area contributed by atoms with E-state index in [1.54, 1.807) is 12.1 Å². The van der Waals surface area contributed by atoms with Gasteiger partial charge in [0.05, 0.1) is 11.0 Å². The Morgan fingerprint density at radius 2 is 1.88 bits per heavy atom. The molecule has 1 heterocycles. The van der Waals surface area contributed by atoms with Gasteiger partial charge in [0, 0.05) is 6.26 Å². The van der Waals surface area contributed by atoms with Crippen molar-refractivity contribution in [3.05, 3.63) is 28.9 Å².